The standard InChI is InChI=1S/C10H14N2O.C4H4O4.H2S/c1-12(11)9-6-7-4-2-3-5-8(7)10(9)13;5-3(6)1-2-4(7)8;/h2-5,9-10,13H,6,11H2,1H3;1-2H,(H,5,6)(H,7,8);1H2/b;2-1-;. The summed E-state index contributed by atoms with van der Waals surface area (Å²) in [6.45, 7) is 0. The van der Waals surface area contributed by atoms with Crippen molar-refractivity contribution in [2.24, 2.45) is 5.84 Å². The molecule has 0 radical (unpaired) electrons. The molecule has 7 nitrogen and oxygen atoms in total. The predicted molar refractivity (Wildman–Crippen MR) is 85.6 cm³/mol. The smallest absolute Gasteiger partial charge is 0.328 e. The SMILES string of the molecule is CN(N)C1Cc2ccccc2C1O.O=C(O)/C=C\C(=O)O.S. The number of nitrogens with two attached hydrogens (primary N) is 1. The van der Waals surface area contributed by atoms with Crippen LogP contribution >= 0.6 is 13.5 Å². The number of carboxylic acid groups (broad SMARTS) is 2. The predicted octanol–water partition coefficient (Wildman–Crippen LogP) is 0.275. The maximum atomic E-state index is 9.89. The molecule has 2 atom stereocenters. The number of fused-ring (bicyclic) bond motifs is 1. The highest BCUT2D eigenvalue weighted by molar-refractivity contribution is 7.59. The summed E-state index contributed by atoms with van der Waals surface area (Å²) in [6.07, 6.45) is 1.51. The van der Waals surface area contributed by atoms with E-state index in [0.29, 0.717) is 12.2 Å². The van der Waals surface area contributed by atoms with Crippen molar-refractivity contribution in [2.45, 2.75) is 18.6 Å². The Balaban J connectivity index is 0.000000432. The van der Waals surface area contributed by atoms with Gasteiger partial charge in [-0.2, -0.15) is 13.5 Å². The zero-order chi connectivity index (χ0) is 16.0. The first-order valence-corrected chi connectivity index (χ1v) is 6.20. The van der Waals surface area contributed by atoms with Crippen molar-refractivity contribution in [3.05, 3.63) is 47.5 Å². The van der Waals surface area contributed by atoms with Crippen molar-refractivity contribution >= 4 is 25.4 Å². The first kappa shape index (κ1) is 20.1. The molecule has 0 heterocycles. The number of carbonyl (C=O) groups is 2. The Hall–Kier alpha value is -1.87. The minimum Gasteiger partial charge on any atom is -0.478 e. The largest absolute Gasteiger partial charge is 0.478 e. The van der Waals surface area contributed by atoms with Crippen LogP contribution in [0.5, 0.6) is 0 Å². The van der Waals surface area contributed by atoms with Gasteiger partial charge in [0.05, 0.1) is 12.1 Å². The minimum atomic E-state index is -1.26. The number of hydrazine groups is 1. The van der Waals surface area contributed by atoms with Gasteiger partial charge in [0, 0.05) is 19.2 Å². The molecular weight excluding hydrogens is 308 g/mol. The Morgan fingerprint density at radius 1 is 1.23 bits per heavy atom. The summed E-state index contributed by atoms with van der Waals surface area (Å²) in [7, 11) is 1.79. The summed E-state index contributed by atoms with van der Waals surface area (Å²) < 4.78 is 0. The van der Waals surface area contributed by atoms with Gasteiger partial charge in [0.15, 0.2) is 0 Å². The normalized spacial score (nSPS) is 19.1. The summed E-state index contributed by atoms with van der Waals surface area (Å²) in [5.74, 6) is 3.13. The fourth-order valence-corrected chi connectivity index (χ4v) is 2.06. The van der Waals surface area contributed by atoms with Gasteiger partial charge in [-0.3, -0.25) is 5.84 Å². The molecular formula is C14H20N2O5S. The monoisotopic (exact) mass is 328 g/mol. The molecule has 0 fully saturated rings. The van der Waals surface area contributed by atoms with Gasteiger partial charge in [-0.05, 0) is 17.5 Å². The second-order valence-electron chi connectivity index (χ2n) is 4.59. The van der Waals surface area contributed by atoms with Crippen LogP contribution in [0.1, 0.15) is 17.2 Å². The Bertz CT molecular complexity index is 532. The zero-order valence-corrected chi connectivity index (χ0v) is 13.0. The fourth-order valence-electron chi connectivity index (χ4n) is 2.06. The number of benzene rings is 1. The minimum absolute atomic E-state index is 0. The van der Waals surface area contributed by atoms with E-state index in [0.717, 1.165) is 12.0 Å². The molecule has 2 unspecified atom stereocenters. The van der Waals surface area contributed by atoms with Crippen molar-refractivity contribution < 1.29 is 24.9 Å². The van der Waals surface area contributed by atoms with Crippen LogP contribution in [0.3, 0.4) is 0 Å². The summed E-state index contributed by atoms with van der Waals surface area (Å²) in [6, 6.07) is 7.97. The van der Waals surface area contributed by atoms with Gasteiger partial charge in [-0.1, -0.05) is 24.3 Å². The molecule has 1 aliphatic rings. The molecule has 0 saturated heterocycles. The third-order valence-corrected chi connectivity index (χ3v) is 3.06. The third-order valence-electron chi connectivity index (χ3n) is 3.06. The van der Waals surface area contributed by atoms with E-state index in [4.69, 9.17) is 16.1 Å². The maximum absolute atomic E-state index is 9.89. The highest BCUT2D eigenvalue weighted by Gasteiger charge is 2.32. The van der Waals surface area contributed by atoms with E-state index in [2.05, 4.69) is 0 Å². The summed E-state index contributed by atoms with van der Waals surface area (Å²) >= 11 is 0. The quantitative estimate of drug-likeness (QED) is 0.357. The number of carboxylic acids is 2. The molecule has 22 heavy (non-hydrogen) atoms. The van der Waals surface area contributed by atoms with Gasteiger partial charge in [0.1, 0.15) is 0 Å². The molecule has 1 aromatic rings. The number of hydrogen-bond donors (Lipinski definition) is 4. The highest BCUT2D eigenvalue weighted by atomic mass is 32.1. The topological polar surface area (TPSA) is 124 Å². The van der Waals surface area contributed by atoms with Gasteiger partial charge < -0.3 is 15.3 Å². The second kappa shape index (κ2) is 9.21. The average molecular weight is 328 g/mol. The van der Waals surface area contributed by atoms with E-state index in [1.807, 2.05) is 24.3 Å². The number of aliphatic carboxylic acids is 2. The van der Waals surface area contributed by atoms with E-state index in [-0.39, 0.29) is 19.5 Å². The lowest BCUT2D eigenvalue weighted by atomic mass is 10.1. The first-order chi connectivity index (χ1) is 9.82. The van der Waals surface area contributed by atoms with E-state index < -0.39 is 18.0 Å². The van der Waals surface area contributed by atoms with Crippen molar-refractivity contribution in [2.75, 3.05) is 7.05 Å². The van der Waals surface area contributed by atoms with Crippen LogP contribution in [0.4, 0.5) is 0 Å². The number of nitrogens with zero attached hydrogens (tertiary/aromatic N) is 1. The van der Waals surface area contributed by atoms with Crippen LogP contribution in [-0.2, 0) is 16.0 Å². The van der Waals surface area contributed by atoms with Crippen LogP contribution in [0.2, 0.25) is 0 Å². The lowest BCUT2D eigenvalue weighted by Gasteiger charge is -2.21. The Morgan fingerprint density at radius 2 is 1.73 bits per heavy atom. The molecule has 0 saturated carbocycles. The molecule has 1 aliphatic carbocycles. The summed E-state index contributed by atoms with van der Waals surface area (Å²) in [4.78, 5) is 19.1. The number of hydrogen-bond acceptors (Lipinski definition) is 5. The zero-order valence-electron chi connectivity index (χ0n) is 12.0. The molecule has 1 aromatic carbocycles. The van der Waals surface area contributed by atoms with Crippen molar-refractivity contribution in [1.82, 2.24) is 5.01 Å². The van der Waals surface area contributed by atoms with Crippen LogP contribution in [0, 0.1) is 0 Å². The van der Waals surface area contributed by atoms with Gasteiger partial charge in [-0.25, -0.2) is 14.6 Å². The van der Waals surface area contributed by atoms with Gasteiger partial charge in [-0.15, -0.1) is 0 Å². The molecule has 2 rings (SSSR count). The molecule has 0 aliphatic heterocycles. The molecule has 0 bridgehead atoms. The maximum Gasteiger partial charge on any atom is 0.328 e. The molecule has 5 N–H and O–H groups in total. The number of aliphatic hydroxyl groups excluding tert-OH is 1. The Kier molecular flexibility index (Phi) is 8.43. The summed E-state index contributed by atoms with van der Waals surface area (Å²) in [5, 5.41) is 27.1. The lowest BCUT2D eigenvalue weighted by Crippen LogP contribution is -2.40. The Morgan fingerprint density at radius 3 is 2.14 bits per heavy atom. The van der Waals surface area contributed by atoms with E-state index in [1.54, 1.807) is 12.1 Å². The van der Waals surface area contributed by atoms with E-state index in [1.165, 1.54) is 5.56 Å². The molecule has 0 aromatic heterocycles. The van der Waals surface area contributed by atoms with Gasteiger partial charge in [0.2, 0.25) is 0 Å². The molecule has 122 valence electrons. The lowest BCUT2D eigenvalue weighted by molar-refractivity contribution is -0.134. The first-order valence-electron chi connectivity index (χ1n) is 6.20. The average Bonchev–Trinajstić information content (AvgIpc) is 2.75. The number of rotatable bonds is 3. The van der Waals surface area contributed by atoms with Crippen LogP contribution < -0.4 is 5.84 Å². The van der Waals surface area contributed by atoms with E-state index in [9.17, 15) is 14.7 Å². The fraction of sp³-hybridized carbons (Fsp3) is 0.286. The number of likely N-dealkylation sites (N-methyl/N-ethyl adjacent to an activating group) is 1. The van der Waals surface area contributed by atoms with Crippen LogP contribution in [0.25, 0.3) is 0 Å². The summed E-state index contributed by atoms with van der Waals surface area (Å²) in [5.41, 5.74) is 2.22. The van der Waals surface area contributed by atoms with Crippen molar-refractivity contribution in [1.29, 1.82) is 0 Å². The van der Waals surface area contributed by atoms with Gasteiger partial charge >= 0.3 is 11.9 Å². The van der Waals surface area contributed by atoms with Crippen LogP contribution in [0.15, 0.2) is 36.4 Å². The molecule has 0 amide bonds. The molecule has 0 spiro atoms. The Labute approximate surface area is 135 Å². The van der Waals surface area contributed by atoms with Crippen molar-refractivity contribution in [3.63, 3.8) is 0 Å². The van der Waals surface area contributed by atoms with Crippen LogP contribution in [-0.4, -0.2) is 45.4 Å². The van der Waals surface area contributed by atoms with Gasteiger partial charge in [0.25, 0.3) is 0 Å². The van der Waals surface area contributed by atoms with Crippen molar-refractivity contribution in [3.8, 4) is 0 Å². The molecule has 8 heteroatoms. The number of aliphatic hydroxyl groups is 1. The van der Waals surface area contributed by atoms with E-state index >= 15 is 0 Å². The second-order valence-corrected chi connectivity index (χ2v) is 4.59. The third kappa shape index (κ3) is 5.86. The highest BCUT2D eigenvalue weighted by Crippen LogP contribution is 2.32.